The van der Waals surface area contributed by atoms with Gasteiger partial charge in [-0.15, -0.1) is 0 Å². The van der Waals surface area contributed by atoms with Gasteiger partial charge in [-0.2, -0.15) is 0 Å². The van der Waals surface area contributed by atoms with Crippen molar-refractivity contribution in [2.75, 3.05) is 0 Å². The van der Waals surface area contributed by atoms with Crippen molar-refractivity contribution in [1.82, 2.24) is 0 Å². The molecular weight excluding hydrogens is 244 g/mol. The second-order valence-electron chi connectivity index (χ2n) is 5.10. The van der Waals surface area contributed by atoms with Crippen LogP contribution in [0.25, 0.3) is 10.8 Å². The molecule has 0 heterocycles. The van der Waals surface area contributed by atoms with E-state index in [9.17, 15) is 5.11 Å². The molecule has 0 amide bonds. The molecule has 100 valence electrons. The fourth-order valence-corrected chi connectivity index (χ4v) is 2.64. The van der Waals surface area contributed by atoms with Gasteiger partial charge in [0.25, 0.3) is 0 Å². The predicted molar refractivity (Wildman–Crippen MR) is 83.7 cm³/mol. The Morgan fingerprint density at radius 1 is 0.750 bits per heavy atom. The topological polar surface area (TPSA) is 20.2 Å². The highest BCUT2D eigenvalue weighted by Gasteiger charge is 2.08. The number of aliphatic hydroxyl groups excluding tert-OH is 1. The van der Waals surface area contributed by atoms with E-state index in [-0.39, 0.29) is 0 Å². The van der Waals surface area contributed by atoms with Crippen molar-refractivity contribution in [2.24, 2.45) is 0 Å². The molecule has 3 rings (SSSR count). The minimum atomic E-state index is -0.393. The highest BCUT2D eigenvalue weighted by molar-refractivity contribution is 5.85. The maximum atomic E-state index is 10.3. The quantitative estimate of drug-likeness (QED) is 0.733. The van der Waals surface area contributed by atoms with E-state index in [4.69, 9.17) is 0 Å². The number of hydrogen-bond acceptors (Lipinski definition) is 1. The SMILES string of the molecule is OC(CCc1cccc2ccccc12)c1ccccc1. The first-order valence-electron chi connectivity index (χ1n) is 7.04. The average Bonchev–Trinajstić information content (AvgIpc) is 2.53. The van der Waals surface area contributed by atoms with Gasteiger partial charge in [-0.25, -0.2) is 0 Å². The molecular formula is C19H18O. The van der Waals surface area contributed by atoms with Crippen LogP contribution in [0.3, 0.4) is 0 Å². The number of hydrogen-bond donors (Lipinski definition) is 1. The molecule has 3 aromatic carbocycles. The summed E-state index contributed by atoms with van der Waals surface area (Å²) < 4.78 is 0. The summed E-state index contributed by atoms with van der Waals surface area (Å²) in [4.78, 5) is 0. The van der Waals surface area contributed by atoms with Crippen LogP contribution in [0.15, 0.2) is 72.8 Å². The molecule has 0 spiro atoms. The van der Waals surface area contributed by atoms with E-state index in [1.807, 2.05) is 30.3 Å². The molecule has 20 heavy (non-hydrogen) atoms. The Balaban J connectivity index is 1.77. The lowest BCUT2D eigenvalue weighted by molar-refractivity contribution is 0.168. The van der Waals surface area contributed by atoms with Crippen molar-refractivity contribution in [3.05, 3.63) is 83.9 Å². The van der Waals surface area contributed by atoms with E-state index in [2.05, 4.69) is 42.5 Å². The highest BCUT2D eigenvalue weighted by Crippen LogP contribution is 2.23. The van der Waals surface area contributed by atoms with Gasteiger partial charge in [0.15, 0.2) is 0 Å². The summed E-state index contributed by atoms with van der Waals surface area (Å²) in [5, 5.41) is 12.8. The van der Waals surface area contributed by atoms with Crippen molar-refractivity contribution in [2.45, 2.75) is 18.9 Å². The van der Waals surface area contributed by atoms with Crippen LogP contribution >= 0.6 is 0 Å². The van der Waals surface area contributed by atoms with E-state index in [0.717, 1.165) is 18.4 Å². The first-order chi connectivity index (χ1) is 9.84. The molecule has 0 saturated heterocycles. The molecule has 1 nitrogen and oxygen atoms in total. The minimum Gasteiger partial charge on any atom is -0.388 e. The standard InChI is InChI=1S/C19H18O/c20-19(17-8-2-1-3-9-17)14-13-16-11-6-10-15-7-4-5-12-18(15)16/h1-12,19-20H,13-14H2. The van der Waals surface area contributed by atoms with Gasteiger partial charge in [0.05, 0.1) is 6.10 Å². The van der Waals surface area contributed by atoms with E-state index in [1.54, 1.807) is 0 Å². The van der Waals surface area contributed by atoms with Gasteiger partial charge in [0, 0.05) is 0 Å². The van der Waals surface area contributed by atoms with Crippen LogP contribution in [-0.2, 0) is 6.42 Å². The van der Waals surface area contributed by atoms with Gasteiger partial charge >= 0.3 is 0 Å². The monoisotopic (exact) mass is 262 g/mol. The minimum absolute atomic E-state index is 0.393. The summed E-state index contributed by atoms with van der Waals surface area (Å²) in [6.45, 7) is 0. The van der Waals surface area contributed by atoms with Crippen molar-refractivity contribution in [1.29, 1.82) is 0 Å². The van der Waals surface area contributed by atoms with Gasteiger partial charge in [0.1, 0.15) is 0 Å². The summed E-state index contributed by atoms with van der Waals surface area (Å²) in [6, 6.07) is 24.7. The largest absolute Gasteiger partial charge is 0.388 e. The summed E-state index contributed by atoms with van der Waals surface area (Å²) in [5.41, 5.74) is 2.30. The molecule has 0 aromatic heterocycles. The summed E-state index contributed by atoms with van der Waals surface area (Å²) in [5.74, 6) is 0. The van der Waals surface area contributed by atoms with Crippen LogP contribution in [0, 0.1) is 0 Å². The average molecular weight is 262 g/mol. The first kappa shape index (κ1) is 12.9. The highest BCUT2D eigenvalue weighted by atomic mass is 16.3. The van der Waals surface area contributed by atoms with Gasteiger partial charge in [0.2, 0.25) is 0 Å². The van der Waals surface area contributed by atoms with E-state index < -0.39 is 6.10 Å². The van der Waals surface area contributed by atoms with Crippen LogP contribution in [-0.4, -0.2) is 5.11 Å². The van der Waals surface area contributed by atoms with Gasteiger partial charge in [-0.1, -0.05) is 72.8 Å². The Morgan fingerprint density at radius 3 is 2.30 bits per heavy atom. The molecule has 0 bridgehead atoms. The lowest BCUT2D eigenvalue weighted by Gasteiger charge is -2.12. The van der Waals surface area contributed by atoms with Gasteiger partial charge in [-0.05, 0) is 34.7 Å². The zero-order valence-electron chi connectivity index (χ0n) is 11.4. The maximum absolute atomic E-state index is 10.3. The second kappa shape index (κ2) is 5.89. The number of aliphatic hydroxyl groups is 1. The lowest BCUT2D eigenvalue weighted by atomic mass is 9.97. The Labute approximate surface area is 119 Å². The Hall–Kier alpha value is -2.12. The summed E-state index contributed by atoms with van der Waals surface area (Å²) >= 11 is 0. The predicted octanol–water partition coefficient (Wildman–Crippen LogP) is 4.51. The first-order valence-corrected chi connectivity index (χ1v) is 7.04. The molecule has 0 fully saturated rings. The third-order valence-electron chi connectivity index (χ3n) is 3.75. The van der Waals surface area contributed by atoms with Crippen molar-refractivity contribution in [3.63, 3.8) is 0 Å². The van der Waals surface area contributed by atoms with Crippen LogP contribution in [0.4, 0.5) is 0 Å². The normalized spacial score (nSPS) is 12.4. The maximum Gasteiger partial charge on any atom is 0.0793 e. The number of rotatable bonds is 4. The number of aryl methyl sites for hydroxylation is 1. The number of benzene rings is 3. The van der Waals surface area contributed by atoms with Crippen LogP contribution in [0.5, 0.6) is 0 Å². The Bertz CT molecular complexity index is 683. The summed E-state index contributed by atoms with van der Waals surface area (Å²) in [7, 11) is 0. The van der Waals surface area contributed by atoms with Crippen molar-refractivity contribution < 1.29 is 5.11 Å². The van der Waals surface area contributed by atoms with Crippen LogP contribution < -0.4 is 0 Å². The van der Waals surface area contributed by atoms with Crippen molar-refractivity contribution in [3.8, 4) is 0 Å². The van der Waals surface area contributed by atoms with Gasteiger partial charge < -0.3 is 5.11 Å². The third-order valence-corrected chi connectivity index (χ3v) is 3.75. The van der Waals surface area contributed by atoms with Crippen LogP contribution in [0.2, 0.25) is 0 Å². The smallest absolute Gasteiger partial charge is 0.0793 e. The summed E-state index contributed by atoms with van der Waals surface area (Å²) in [6.07, 6.45) is 1.24. The molecule has 0 aliphatic rings. The van der Waals surface area contributed by atoms with E-state index >= 15 is 0 Å². The second-order valence-corrected chi connectivity index (χ2v) is 5.10. The number of fused-ring (bicyclic) bond motifs is 1. The Kier molecular flexibility index (Phi) is 3.80. The molecule has 1 atom stereocenters. The molecule has 1 unspecified atom stereocenters. The zero-order chi connectivity index (χ0) is 13.8. The lowest BCUT2D eigenvalue weighted by Crippen LogP contribution is -1.99. The van der Waals surface area contributed by atoms with E-state index in [1.165, 1.54) is 16.3 Å². The van der Waals surface area contributed by atoms with E-state index in [0.29, 0.717) is 0 Å². The zero-order valence-corrected chi connectivity index (χ0v) is 11.4. The molecule has 1 N–H and O–H groups in total. The fourth-order valence-electron chi connectivity index (χ4n) is 2.64. The molecule has 0 saturated carbocycles. The third kappa shape index (κ3) is 2.73. The van der Waals surface area contributed by atoms with Crippen molar-refractivity contribution >= 4 is 10.8 Å². The molecule has 0 radical (unpaired) electrons. The molecule has 3 aromatic rings. The van der Waals surface area contributed by atoms with Crippen LogP contribution in [0.1, 0.15) is 23.7 Å². The van der Waals surface area contributed by atoms with Gasteiger partial charge in [-0.3, -0.25) is 0 Å². The Morgan fingerprint density at radius 2 is 1.45 bits per heavy atom. The molecule has 0 aliphatic heterocycles. The molecule has 0 aliphatic carbocycles. The fraction of sp³-hybridized carbons (Fsp3) is 0.158. The molecule has 1 heteroatoms.